The molecule has 0 spiro atoms. The Balaban J connectivity index is 2.21. The largest absolute Gasteiger partial charge is 0.334 e. The minimum atomic E-state index is -0.0671. The number of benzene rings is 1. The number of halogens is 2. The number of likely N-dealkylation sites (tertiary alicyclic amines) is 1. The number of nitrogens with two attached hydrogens (primary N) is 1. The fourth-order valence-electron chi connectivity index (χ4n) is 2.81. The molecule has 1 fully saturated rings. The van der Waals surface area contributed by atoms with Gasteiger partial charge in [0.25, 0.3) is 5.91 Å². The van der Waals surface area contributed by atoms with Crippen LogP contribution in [0.2, 0.25) is 10.0 Å². The van der Waals surface area contributed by atoms with Crippen molar-refractivity contribution in [2.75, 3.05) is 13.1 Å². The van der Waals surface area contributed by atoms with Crippen LogP contribution in [0.3, 0.4) is 0 Å². The van der Waals surface area contributed by atoms with Crippen LogP contribution in [0.5, 0.6) is 0 Å². The van der Waals surface area contributed by atoms with Gasteiger partial charge in [-0.05, 0) is 37.0 Å². The number of carbonyl (C=O) groups is 1. The van der Waals surface area contributed by atoms with Gasteiger partial charge in [0.1, 0.15) is 0 Å². The molecule has 1 amide bonds. The van der Waals surface area contributed by atoms with Gasteiger partial charge in [-0.25, -0.2) is 0 Å². The summed E-state index contributed by atoms with van der Waals surface area (Å²) in [7, 11) is 0. The molecular weight excluding hydrogens is 295 g/mol. The molecule has 0 radical (unpaired) electrons. The number of hydrogen-bond acceptors (Lipinski definition) is 2. The molecule has 1 aromatic carbocycles. The summed E-state index contributed by atoms with van der Waals surface area (Å²) < 4.78 is 0. The molecule has 1 aliphatic heterocycles. The molecule has 0 bridgehead atoms. The number of hydrogen-bond donors (Lipinski definition) is 1. The van der Waals surface area contributed by atoms with Crippen LogP contribution in [0.25, 0.3) is 0 Å². The third-order valence-electron chi connectivity index (χ3n) is 4.09. The van der Waals surface area contributed by atoms with Gasteiger partial charge in [0.05, 0.1) is 10.6 Å². The van der Waals surface area contributed by atoms with Gasteiger partial charge in [-0.1, -0.05) is 36.5 Å². The van der Waals surface area contributed by atoms with Gasteiger partial charge in [-0.15, -0.1) is 0 Å². The Morgan fingerprint density at radius 3 is 2.85 bits per heavy atom. The zero-order valence-electron chi connectivity index (χ0n) is 11.6. The van der Waals surface area contributed by atoms with Crippen LogP contribution in [-0.4, -0.2) is 29.9 Å². The first-order valence-electron chi connectivity index (χ1n) is 7.02. The highest BCUT2D eigenvalue weighted by Gasteiger charge is 2.31. The monoisotopic (exact) mass is 314 g/mol. The van der Waals surface area contributed by atoms with Crippen molar-refractivity contribution in [1.29, 1.82) is 0 Å². The van der Waals surface area contributed by atoms with E-state index in [9.17, 15) is 4.79 Å². The second-order valence-corrected chi connectivity index (χ2v) is 6.15. The number of amides is 1. The topological polar surface area (TPSA) is 46.3 Å². The maximum absolute atomic E-state index is 12.7. The van der Waals surface area contributed by atoms with Gasteiger partial charge in [-0.3, -0.25) is 4.79 Å². The lowest BCUT2D eigenvalue weighted by Gasteiger charge is -2.39. The molecule has 1 heterocycles. The molecule has 0 aliphatic carbocycles. The van der Waals surface area contributed by atoms with Gasteiger partial charge in [0, 0.05) is 24.2 Å². The molecule has 2 atom stereocenters. The predicted octanol–water partition coefficient (Wildman–Crippen LogP) is 3.58. The molecule has 1 aromatic rings. The lowest BCUT2D eigenvalue weighted by Crippen LogP contribution is -2.49. The van der Waals surface area contributed by atoms with Gasteiger partial charge < -0.3 is 10.6 Å². The number of piperidine rings is 1. The zero-order valence-corrected chi connectivity index (χ0v) is 13.1. The van der Waals surface area contributed by atoms with Crippen molar-refractivity contribution in [3.05, 3.63) is 33.8 Å². The average molecular weight is 315 g/mol. The van der Waals surface area contributed by atoms with E-state index < -0.39 is 0 Å². The van der Waals surface area contributed by atoms with Crippen molar-refractivity contribution < 1.29 is 4.79 Å². The highest BCUT2D eigenvalue weighted by molar-refractivity contribution is 6.35. The molecular formula is C15H20Cl2N2O. The maximum Gasteiger partial charge on any atom is 0.255 e. The van der Waals surface area contributed by atoms with Crippen LogP contribution in [0.1, 0.15) is 36.5 Å². The minimum Gasteiger partial charge on any atom is -0.334 e. The summed E-state index contributed by atoms with van der Waals surface area (Å²) in [4.78, 5) is 14.5. The molecule has 0 saturated carbocycles. The highest BCUT2D eigenvalue weighted by atomic mass is 35.5. The van der Waals surface area contributed by atoms with E-state index >= 15 is 0 Å². The summed E-state index contributed by atoms with van der Waals surface area (Å²) >= 11 is 12.1. The van der Waals surface area contributed by atoms with Gasteiger partial charge in [-0.2, -0.15) is 0 Å². The second kappa shape index (κ2) is 6.79. The van der Waals surface area contributed by atoms with E-state index in [2.05, 4.69) is 6.92 Å². The average Bonchev–Trinajstić information content (AvgIpc) is 2.48. The van der Waals surface area contributed by atoms with E-state index in [4.69, 9.17) is 28.9 Å². The molecule has 1 aliphatic rings. The minimum absolute atomic E-state index is 0.0671. The first-order valence-corrected chi connectivity index (χ1v) is 7.78. The molecule has 2 unspecified atom stereocenters. The smallest absolute Gasteiger partial charge is 0.255 e. The Bertz CT molecular complexity index is 493. The fraction of sp³-hybridized carbons (Fsp3) is 0.533. The van der Waals surface area contributed by atoms with Crippen LogP contribution >= 0.6 is 23.2 Å². The van der Waals surface area contributed by atoms with E-state index in [1.165, 1.54) is 0 Å². The zero-order chi connectivity index (χ0) is 14.7. The Kier molecular flexibility index (Phi) is 5.30. The standard InChI is InChI=1S/C15H20Cl2N2O/c1-2-10-5-6-19(12(7-10)9-18)15(20)13-8-11(16)3-4-14(13)17/h3-4,8,10,12H,2,5-7,9,18H2,1H3. The van der Waals surface area contributed by atoms with Gasteiger partial charge in [0.15, 0.2) is 0 Å². The van der Waals surface area contributed by atoms with Crippen LogP contribution in [0, 0.1) is 5.92 Å². The van der Waals surface area contributed by atoms with E-state index in [0.29, 0.717) is 28.1 Å². The SMILES string of the molecule is CCC1CCN(C(=O)c2cc(Cl)ccc2Cl)C(CN)C1. The van der Waals surface area contributed by atoms with Crippen LogP contribution in [0.4, 0.5) is 0 Å². The van der Waals surface area contributed by atoms with Crippen LogP contribution in [-0.2, 0) is 0 Å². The molecule has 20 heavy (non-hydrogen) atoms. The lowest BCUT2D eigenvalue weighted by molar-refractivity contribution is 0.0559. The molecule has 2 rings (SSSR count). The molecule has 5 heteroatoms. The Labute approximate surface area is 130 Å². The maximum atomic E-state index is 12.7. The quantitative estimate of drug-likeness (QED) is 0.926. The molecule has 110 valence electrons. The number of rotatable bonds is 3. The Morgan fingerprint density at radius 2 is 2.20 bits per heavy atom. The van der Waals surface area contributed by atoms with Crippen molar-refractivity contribution in [3.8, 4) is 0 Å². The molecule has 0 aromatic heterocycles. The summed E-state index contributed by atoms with van der Waals surface area (Å²) in [5, 5.41) is 0.957. The fourth-order valence-corrected chi connectivity index (χ4v) is 3.18. The summed E-state index contributed by atoms with van der Waals surface area (Å²) in [6, 6.07) is 5.07. The van der Waals surface area contributed by atoms with Crippen molar-refractivity contribution in [1.82, 2.24) is 4.90 Å². The second-order valence-electron chi connectivity index (χ2n) is 5.31. The molecule has 1 saturated heterocycles. The van der Waals surface area contributed by atoms with Crippen molar-refractivity contribution in [2.24, 2.45) is 11.7 Å². The Morgan fingerprint density at radius 1 is 1.45 bits per heavy atom. The first kappa shape index (κ1) is 15.6. The van der Waals surface area contributed by atoms with E-state index in [-0.39, 0.29) is 11.9 Å². The van der Waals surface area contributed by atoms with Crippen molar-refractivity contribution >= 4 is 29.1 Å². The van der Waals surface area contributed by atoms with Gasteiger partial charge >= 0.3 is 0 Å². The van der Waals surface area contributed by atoms with Crippen molar-refractivity contribution in [3.63, 3.8) is 0 Å². The predicted molar refractivity (Wildman–Crippen MR) is 83.4 cm³/mol. The number of carbonyl (C=O) groups excluding carboxylic acids is 1. The molecule has 3 nitrogen and oxygen atoms in total. The molecule has 2 N–H and O–H groups in total. The van der Waals surface area contributed by atoms with Gasteiger partial charge in [0.2, 0.25) is 0 Å². The summed E-state index contributed by atoms with van der Waals surface area (Å²) in [5.41, 5.74) is 6.31. The van der Waals surface area contributed by atoms with E-state index in [1.54, 1.807) is 18.2 Å². The van der Waals surface area contributed by atoms with Crippen LogP contribution < -0.4 is 5.73 Å². The van der Waals surface area contributed by atoms with E-state index in [0.717, 1.165) is 25.8 Å². The summed E-state index contributed by atoms with van der Waals surface area (Å²) in [5.74, 6) is 0.588. The normalized spacial score (nSPS) is 22.9. The van der Waals surface area contributed by atoms with E-state index in [1.807, 2.05) is 4.90 Å². The van der Waals surface area contributed by atoms with Crippen molar-refractivity contribution in [2.45, 2.75) is 32.2 Å². The summed E-state index contributed by atoms with van der Waals surface area (Å²) in [6.45, 7) is 3.41. The summed E-state index contributed by atoms with van der Waals surface area (Å²) in [6.07, 6.45) is 3.13. The first-order chi connectivity index (χ1) is 9.56. The highest BCUT2D eigenvalue weighted by Crippen LogP contribution is 2.28. The van der Waals surface area contributed by atoms with Crippen LogP contribution in [0.15, 0.2) is 18.2 Å². The third kappa shape index (κ3) is 3.27. The third-order valence-corrected chi connectivity index (χ3v) is 4.66. The number of nitrogens with zero attached hydrogens (tertiary/aromatic N) is 1. The lowest BCUT2D eigenvalue weighted by atomic mass is 9.88. The Hall–Kier alpha value is -0.770.